The van der Waals surface area contributed by atoms with Crippen molar-refractivity contribution in [3.8, 4) is 10.6 Å². The average molecular weight is 260 g/mol. The molecule has 2 aromatic rings. The highest BCUT2D eigenvalue weighted by molar-refractivity contribution is 7.13. The topological polar surface area (TPSA) is 38.9 Å². The Morgan fingerprint density at radius 3 is 2.61 bits per heavy atom. The number of rotatable bonds is 3. The number of nitrogens with two attached hydrogens (primary N) is 1. The van der Waals surface area contributed by atoms with Crippen LogP contribution in [-0.2, 0) is 6.42 Å². The Balaban J connectivity index is 2.37. The minimum atomic E-state index is 0.167. The minimum absolute atomic E-state index is 0.167. The normalized spacial score (nSPS) is 12.7. The molecule has 2 nitrogen and oxygen atoms in total. The molecule has 0 saturated carbocycles. The second kappa shape index (κ2) is 5.21. The summed E-state index contributed by atoms with van der Waals surface area (Å²) >= 11 is 1.71. The van der Waals surface area contributed by atoms with E-state index in [0.29, 0.717) is 0 Å². The van der Waals surface area contributed by atoms with E-state index in [1.165, 1.54) is 22.3 Å². The van der Waals surface area contributed by atoms with Crippen LogP contribution in [-0.4, -0.2) is 11.0 Å². The van der Waals surface area contributed by atoms with Crippen molar-refractivity contribution < 1.29 is 0 Å². The van der Waals surface area contributed by atoms with Gasteiger partial charge in [-0.25, -0.2) is 4.98 Å². The molecule has 0 radical (unpaired) electrons. The molecular weight excluding hydrogens is 240 g/mol. The van der Waals surface area contributed by atoms with Gasteiger partial charge < -0.3 is 5.73 Å². The zero-order chi connectivity index (χ0) is 13.3. The molecular formula is C15H20N2S. The van der Waals surface area contributed by atoms with E-state index in [1.807, 2.05) is 6.92 Å². The van der Waals surface area contributed by atoms with Crippen molar-refractivity contribution in [1.29, 1.82) is 0 Å². The van der Waals surface area contributed by atoms with Gasteiger partial charge in [-0.15, -0.1) is 11.3 Å². The van der Waals surface area contributed by atoms with Gasteiger partial charge in [-0.1, -0.05) is 12.1 Å². The van der Waals surface area contributed by atoms with Crippen molar-refractivity contribution in [1.82, 2.24) is 4.98 Å². The van der Waals surface area contributed by atoms with E-state index >= 15 is 0 Å². The fraction of sp³-hybridized carbons (Fsp3) is 0.400. The lowest BCUT2D eigenvalue weighted by molar-refractivity contribution is 0.726. The predicted molar refractivity (Wildman–Crippen MR) is 79.1 cm³/mol. The summed E-state index contributed by atoms with van der Waals surface area (Å²) in [5, 5.41) is 3.22. The molecule has 18 heavy (non-hydrogen) atoms. The molecule has 2 rings (SSSR count). The Morgan fingerprint density at radius 2 is 1.94 bits per heavy atom. The highest BCUT2D eigenvalue weighted by atomic mass is 32.1. The summed E-state index contributed by atoms with van der Waals surface area (Å²) in [5.41, 5.74) is 12.2. The lowest BCUT2D eigenvalue weighted by Gasteiger charge is -2.08. The number of thiazole rings is 1. The summed E-state index contributed by atoms with van der Waals surface area (Å²) in [6.07, 6.45) is 0.848. The number of aryl methyl sites for hydroxylation is 1. The first kappa shape index (κ1) is 13.2. The molecule has 1 aromatic carbocycles. The summed E-state index contributed by atoms with van der Waals surface area (Å²) < 4.78 is 0. The van der Waals surface area contributed by atoms with Gasteiger partial charge in [0.05, 0.1) is 5.69 Å². The second-order valence-corrected chi connectivity index (χ2v) is 5.86. The van der Waals surface area contributed by atoms with E-state index in [9.17, 15) is 0 Å². The molecule has 96 valence electrons. The van der Waals surface area contributed by atoms with E-state index in [0.717, 1.165) is 17.1 Å². The predicted octanol–water partition coefficient (Wildman–Crippen LogP) is 3.63. The van der Waals surface area contributed by atoms with E-state index in [2.05, 4.69) is 38.3 Å². The van der Waals surface area contributed by atoms with Gasteiger partial charge >= 0.3 is 0 Å². The third-order valence-corrected chi connectivity index (χ3v) is 4.30. The second-order valence-electron chi connectivity index (χ2n) is 5.01. The molecule has 0 spiro atoms. The Hall–Kier alpha value is -1.19. The Bertz CT molecular complexity index is 556. The van der Waals surface area contributed by atoms with Crippen LogP contribution in [0.15, 0.2) is 17.5 Å². The van der Waals surface area contributed by atoms with Gasteiger partial charge in [0.15, 0.2) is 0 Å². The third kappa shape index (κ3) is 2.62. The van der Waals surface area contributed by atoms with Crippen LogP contribution >= 0.6 is 11.3 Å². The lowest BCUT2D eigenvalue weighted by Crippen LogP contribution is -2.17. The SMILES string of the molecule is Cc1ccc(-c2nc(CC(C)N)cs2)c(C)c1C. The number of hydrogen-bond acceptors (Lipinski definition) is 3. The van der Waals surface area contributed by atoms with Crippen LogP contribution in [0.4, 0.5) is 0 Å². The standard InChI is InChI=1S/C15H20N2S/c1-9-5-6-14(12(4)11(9)3)15-17-13(8-18-15)7-10(2)16/h5-6,8,10H,7,16H2,1-4H3. The van der Waals surface area contributed by atoms with Crippen molar-refractivity contribution in [2.45, 2.75) is 40.2 Å². The van der Waals surface area contributed by atoms with Gasteiger partial charge in [-0.2, -0.15) is 0 Å². The number of hydrogen-bond donors (Lipinski definition) is 1. The summed E-state index contributed by atoms with van der Waals surface area (Å²) in [6.45, 7) is 8.50. The van der Waals surface area contributed by atoms with Crippen LogP contribution in [0.25, 0.3) is 10.6 Å². The van der Waals surface area contributed by atoms with E-state index in [-0.39, 0.29) is 6.04 Å². The summed E-state index contributed by atoms with van der Waals surface area (Å²) in [5.74, 6) is 0. The summed E-state index contributed by atoms with van der Waals surface area (Å²) in [4.78, 5) is 4.69. The molecule has 1 aromatic heterocycles. The zero-order valence-corrected chi connectivity index (χ0v) is 12.3. The minimum Gasteiger partial charge on any atom is -0.328 e. The molecule has 1 heterocycles. The Kier molecular flexibility index (Phi) is 3.83. The molecule has 0 saturated heterocycles. The maximum absolute atomic E-state index is 5.81. The molecule has 0 fully saturated rings. The number of aromatic nitrogens is 1. The van der Waals surface area contributed by atoms with Crippen LogP contribution in [0.5, 0.6) is 0 Å². The molecule has 3 heteroatoms. The molecule has 0 aliphatic heterocycles. The van der Waals surface area contributed by atoms with Crippen LogP contribution in [0.2, 0.25) is 0 Å². The summed E-state index contributed by atoms with van der Waals surface area (Å²) in [6, 6.07) is 4.51. The van der Waals surface area contributed by atoms with E-state index in [4.69, 9.17) is 10.7 Å². The first-order valence-electron chi connectivity index (χ1n) is 6.26. The molecule has 1 unspecified atom stereocenters. The van der Waals surface area contributed by atoms with Crippen molar-refractivity contribution in [2.24, 2.45) is 5.73 Å². The first-order valence-corrected chi connectivity index (χ1v) is 7.14. The number of benzene rings is 1. The fourth-order valence-electron chi connectivity index (χ4n) is 2.04. The van der Waals surface area contributed by atoms with Crippen molar-refractivity contribution in [3.05, 3.63) is 39.9 Å². The molecule has 1 atom stereocenters. The highest BCUT2D eigenvalue weighted by Gasteiger charge is 2.10. The zero-order valence-electron chi connectivity index (χ0n) is 11.4. The van der Waals surface area contributed by atoms with Gasteiger partial charge in [0, 0.05) is 23.4 Å². The van der Waals surface area contributed by atoms with E-state index in [1.54, 1.807) is 11.3 Å². The number of nitrogens with zero attached hydrogens (tertiary/aromatic N) is 1. The maximum atomic E-state index is 5.81. The van der Waals surface area contributed by atoms with Gasteiger partial charge in [-0.05, 0) is 44.4 Å². The van der Waals surface area contributed by atoms with Crippen molar-refractivity contribution >= 4 is 11.3 Å². The monoisotopic (exact) mass is 260 g/mol. The molecule has 2 N–H and O–H groups in total. The fourth-order valence-corrected chi connectivity index (χ4v) is 2.96. The smallest absolute Gasteiger partial charge is 0.123 e. The molecule has 0 aliphatic rings. The van der Waals surface area contributed by atoms with Crippen molar-refractivity contribution in [3.63, 3.8) is 0 Å². The van der Waals surface area contributed by atoms with E-state index < -0.39 is 0 Å². The molecule has 0 bridgehead atoms. The van der Waals surface area contributed by atoms with Gasteiger partial charge in [0.1, 0.15) is 5.01 Å². The Labute approximate surface area is 113 Å². The third-order valence-electron chi connectivity index (χ3n) is 3.37. The average Bonchev–Trinajstić information content (AvgIpc) is 2.73. The van der Waals surface area contributed by atoms with Crippen LogP contribution in [0, 0.1) is 20.8 Å². The quantitative estimate of drug-likeness (QED) is 0.915. The largest absolute Gasteiger partial charge is 0.328 e. The summed E-state index contributed by atoms with van der Waals surface area (Å²) in [7, 11) is 0. The van der Waals surface area contributed by atoms with Gasteiger partial charge in [-0.3, -0.25) is 0 Å². The molecule has 0 amide bonds. The molecule has 0 aliphatic carbocycles. The Morgan fingerprint density at radius 1 is 1.22 bits per heavy atom. The maximum Gasteiger partial charge on any atom is 0.123 e. The van der Waals surface area contributed by atoms with Crippen molar-refractivity contribution in [2.75, 3.05) is 0 Å². The first-order chi connectivity index (χ1) is 8.49. The van der Waals surface area contributed by atoms with Gasteiger partial charge in [0.25, 0.3) is 0 Å². The van der Waals surface area contributed by atoms with Crippen LogP contribution in [0.1, 0.15) is 29.3 Å². The lowest BCUT2D eigenvalue weighted by atomic mass is 9.99. The highest BCUT2D eigenvalue weighted by Crippen LogP contribution is 2.30. The van der Waals surface area contributed by atoms with Crippen LogP contribution < -0.4 is 5.73 Å². The van der Waals surface area contributed by atoms with Gasteiger partial charge in [0.2, 0.25) is 0 Å². The van der Waals surface area contributed by atoms with Crippen LogP contribution in [0.3, 0.4) is 0 Å².